The van der Waals surface area contributed by atoms with Gasteiger partial charge < -0.3 is 15.1 Å². The van der Waals surface area contributed by atoms with Crippen LogP contribution in [0.3, 0.4) is 0 Å². The van der Waals surface area contributed by atoms with Crippen LogP contribution in [-0.4, -0.2) is 11.8 Å². The first-order valence-corrected chi connectivity index (χ1v) is 9.09. The largest absolute Gasteiger partial charge is 0.451 e. The quantitative estimate of drug-likeness (QED) is 0.704. The van der Waals surface area contributed by atoms with Gasteiger partial charge in [-0.1, -0.05) is 24.3 Å². The van der Waals surface area contributed by atoms with E-state index in [4.69, 9.17) is 4.42 Å². The molecule has 0 saturated carbocycles. The summed E-state index contributed by atoms with van der Waals surface area (Å²) in [6.07, 6.45) is 1.14. The highest BCUT2D eigenvalue weighted by Crippen LogP contribution is 2.27. The summed E-state index contributed by atoms with van der Waals surface area (Å²) >= 11 is 0. The lowest BCUT2D eigenvalue weighted by Gasteiger charge is -2.20. The molecule has 0 fully saturated rings. The van der Waals surface area contributed by atoms with Crippen LogP contribution in [-0.2, 0) is 11.2 Å². The lowest BCUT2D eigenvalue weighted by Crippen LogP contribution is -2.26. The summed E-state index contributed by atoms with van der Waals surface area (Å²) in [7, 11) is 0. The van der Waals surface area contributed by atoms with Crippen molar-refractivity contribution in [3.63, 3.8) is 0 Å². The molecule has 6 heteroatoms. The number of amides is 2. The molecule has 2 heterocycles. The second-order valence-corrected chi connectivity index (χ2v) is 6.80. The predicted molar refractivity (Wildman–Crippen MR) is 103 cm³/mol. The molecule has 2 N–H and O–H groups in total. The molecular weight excluding hydrogens is 359 g/mol. The van der Waals surface area contributed by atoms with Gasteiger partial charge in [-0.15, -0.1) is 0 Å². The molecule has 1 aromatic heterocycles. The Hall–Kier alpha value is -3.41. The number of carbonyl (C=O) groups excluding carboxylic acids is 2. The monoisotopic (exact) mass is 378 g/mol. The Morgan fingerprint density at radius 1 is 1.14 bits per heavy atom. The predicted octanol–water partition coefficient (Wildman–Crippen LogP) is 4.46. The van der Waals surface area contributed by atoms with Gasteiger partial charge in [0.05, 0.1) is 11.6 Å². The Kier molecular flexibility index (Phi) is 4.69. The standard InChI is InChI=1S/C22H19FN2O3/c1-13(14-6-8-18-15(12-14)7-11-21(26)25-18)24-22(27)20-10-9-19(28-20)16-4-2-3-5-17(16)23/h2-6,8-10,12-13H,7,11H2,1H3,(H,24,27)(H,25,26). The number of hydrogen-bond donors (Lipinski definition) is 2. The van der Waals surface area contributed by atoms with Crippen LogP contribution in [0.4, 0.5) is 10.1 Å². The van der Waals surface area contributed by atoms with Crippen LogP contribution in [0.5, 0.6) is 0 Å². The van der Waals surface area contributed by atoms with Crippen molar-refractivity contribution < 1.29 is 18.4 Å². The first-order chi connectivity index (χ1) is 13.5. The van der Waals surface area contributed by atoms with Crippen LogP contribution in [0, 0.1) is 5.82 Å². The molecule has 3 aromatic rings. The molecule has 2 amide bonds. The minimum absolute atomic E-state index is 0.0186. The fourth-order valence-corrected chi connectivity index (χ4v) is 3.29. The lowest BCUT2D eigenvalue weighted by molar-refractivity contribution is -0.116. The topological polar surface area (TPSA) is 71.3 Å². The van der Waals surface area contributed by atoms with E-state index in [0.29, 0.717) is 24.2 Å². The Bertz CT molecular complexity index is 1060. The van der Waals surface area contributed by atoms with Gasteiger partial charge in [0.25, 0.3) is 5.91 Å². The first kappa shape index (κ1) is 18.0. The zero-order valence-electron chi connectivity index (χ0n) is 15.3. The molecule has 0 aliphatic carbocycles. The van der Waals surface area contributed by atoms with Crippen LogP contribution in [0.25, 0.3) is 11.3 Å². The number of carbonyl (C=O) groups is 2. The van der Waals surface area contributed by atoms with Crippen molar-refractivity contribution in [2.75, 3.05) is 5.32 Å². The van der Waals surface area contributed by atoms with Crippen LogP contribution < -0.4 is 10.6 Å². The molecule has 0 bridgehead atoms. The third-order valence-electron chi connectivity index (χ3n) is 4.84. The van der Waals surface area contributed by atoms with E-state index in [2.05, 4.69) is 10.6 Å². The van der Waals surface area contributed by atoms with Crippen molar-refractivity contribution in [1.29, 1.82) is 0 Å². The van der Waals surface area contributed by atoms with E-state index in [0.717, 1.165) is 16.8 Å². The summed E-state index contributed by atoms with van der Waals surface area (Å²) in [4.78, 5) is 24.0. The average molecular weight is 378 g/mol. The second-order valence-electron chi connectivity index (χ2n) is 6.80. The minimum atomic E-state index is -0.404. The fourth-order valence-electron chi connectivity index (χ4n) is 3.29. The molecule has 0 radical (unpaired) electrons. The maximum Gasteiger partial charge on any atom is 0.287 e. The molecule has 142 valence electrons. The molecule has 1 atom stereocenters. The Morgan fingerprint density at radius 3 is 2.79 bits per heavy atom. The van der Waals surface area contributed by atoms with Crippen LogP contribution in [0.15, 0.2) is 59.0 Å². The van der Waals surface area contributed by atoms with Crippen LogP contribution in [0.1, 0.15) is 41.1 Å². The molecule has 0 spiro atoms. The van der Waals surface area contributed by atoms with E-state index in [9.17, 15) is 14.0 Å². The molecule has 28 heavy (non-hydrogen) atoms. The molecule has 2 aromatic carbocycles. The van der Waals surface area contributed by atoms with Crippen molar-refractivity contribution in [3.05, 3.63) is 77.3 Å². The number of hydrogen-bond acceptors (Lipinski definition) is 3. The van der Waals surface area contributed by atoms with E-state index in [1.54, 1.807) is 24.3 Å². The third-order valence-corrected chi connectivity index (χ3v) is 4.84. The van der Waals surface area contributed by atoms with Gasteiger partial charge >= 0.3 is 0 Å². The zero-order valence-corrected chi connectivity index (χ0v) is 15.3. The highest BCUT2D eigenvalue weighted by molar-refractivity contribution is 5.94. The highest BCUT2D eigenvalue weighted by atomic mass is 19.1. The van der Waals surface area contributed by atoms with Crippen LogP contribution >= 0.6 is 0 Å². The maximum atomic E-state index is 13.9. The Labute approximate surface area is 161 Å². The van der Waals surface area contributed by atoms with Gasteiger partial charge in [-0.3, -0.25) is 9.59 Å². The van der Waals surface area contributed by atoms with Crippen LogP contribution in [0.2, 0.25) is 0 Å². The normalized spacial score (nSPS) is 14.1. The van der Waals surface area contributed by atoms with Crippen molar-refractivity contribution >= 4 is 17.5 Å². The van der Waals surface area contributed by atoms with Crippen molar-refractivity contribution in [2.45, 2.75) is 25.8 Å². The summed E-state index contributed by atoms with van der Waals surface area (Å²) in [5.74, 6) is -0.333. The minimum Gasteiger partial charge on any atom is -0.451 e. The smallest absolute Gasteiger partial charge is 0.287 e. The fraction of sp³-hybridized carbons (Fsp3) is 0.182. The number of benzene rings is 2. The third kappa shape index (κ3) is 3.53. The molecular formula is C22H19FN2O3. The number of rotatable bonds is 4. The van der Waals surface area contributed by atoms with Gasteiger partial charge in [0.1, 0.15) is 11.6 Å². The Morgan fingerprint density at radius 2 is 1.96 bits per heavy atom. The number of furan rings is 1. The first-order valence-electron chi connectivity index (χ1n) is 9.09. The summed E-state index contributed by atoms with van der Waals surface area (Å²) in [5, 5.41) is 5.74. The van der Waals surface area contributed by atoms with Gasteiger partial charge in [0.15, 0.2) is 5.76 Å². The van der Waals surface area contributed by atoms with Gasteiger partial charge in [0, 0.05) is 12.1 Å². The summed E-state index contributed by atoms with van der Waals surface area (Å²) in [6.45, 7) is 1.88. The average Bonchev–Trinajstić information content (AvgIpc) is 3.18. The summed E-state index contributed by atoms with van der Waals surface area (Å²) in [6, 6.07) is 14.8. The highest BCUT2D eigenvalue weighted by Gasteiger charge is 2.19. The number of nitrogens with one attached hydrogen (secondary N) is 2. The van der Waals surface area contributed by atoms with Crippen molar-refractivity contribution in [2.24, 2.45) is 0 Å². The van der Waals surface area contributed by atoms with E-state index >= 15 is 0 Å². The lowest BCUT2D eigenvalue weighted by atomic mass is 9.98. The van der Waals surface area contributed by atoms with E-state index in [1.165, 1.54) is 12.1 Å². The van der Waals surface area contributed by atoms with Crippen molar-refractivity contribution in [3.8, 4) is 11.3 Å². The molecule has 5 nitrogen and oxygen atoms in total. The van der Waals surface area contributed by atoms with Gasteiger partial charge in [-0.25, -0.2) is 4.39 Å². The second kappa shape index (κ2) is 7.31. The molecule has 1 unspecified atom stereocenters. The number of anilines is 1. The maximum absolute atomic E-state index is 13.9. The number of fused-ring (bicyclic) bond motifs is 1. The number of aryl methyl sites for hydroxylation is 1. The van der Waals surface area contributed by atoms with Crippen molar-refractivity contribution in [1.82, 2.24) is 5.32 Å². The molecule has 1 aliphatic heterocycles. The molecule has 0 saturated heterocycles. The summed E-state index contributed by atoms with van der Waals surface area (Å²) < 4.78 is 19.4. The van der Waals surface area contributed by atoms with E-state index in [-0.39, 0.29) is 23.6 Å². The van der Waals surface area contributed by atoms with E-state index < -0.39 is 5.82 Å². The van der Waals surface area contributed by atoms with E-state index in [1.807, 2.05) is 25.1 Å². The molecule has 1 aliphatic rings. The van der Waals surface area contributed by atoms with Gasteiger partial charge in [0.2, 0.25) is 5.91 Å². The Balaban J connectivity index is 1.48. The summed E-state index contributed by atoms with van der Waals surface area (Å²) in [5.41, 5.74) is 3.12. The SMILES string of the molecule is CC(NC(=O)c1ccc(-c2ccccc2F)o1)c1ccc2c(c1)CCC(=O)N2. The zero-order chi connectivity index (χ0) is 19.7. The molecule has 4 rings (SSSR count). The van der Waals surface area contributed by atoms with Gasteiger partial charge in [-0.2, -0.15) is 0 Å². The number of halogens is 1. The van der Waals surface area contributed by atoms with Gasteiger partial charge in [-0.05, 0) is 54.8 Å².